The van der Waals surface area contributed by atoms with E-state index in [1.807, 2.05) is 0 Å². The fourth-order valence-electron chi connectivity index (χ4n) is 5.52. The summed E-state index contributed by atoms with van der Waals surface area (Å²) >= 11 is 0. The largest absolute Gasteiger partial charge is 0.367 e. The Morgan fingerprint density at radius 3 is 1.58 bits per heavy atom. The summed E-state index contributed by atoms with van der Waals surface area (Å²) in [5.74, 6) is 9.69. The molecule has 0 aliphatic heterocycles. The van der Waals surface area contributed by atoms with Crippen molar-refractivity contribution >= 4 is 7.26 Å². The molecule has 0 saturated heterocycles. The van der Waals surface area contributed by atoms with E-state index in [2.05, 4.69) is 124 Å². The summed E-state index contributed by atoms with van der Waals surface area (Å²) in [5.41, 5.74) is -0.489. The molecule has 0 aromatic heterocycles. The first kappa shape index (κ1) is 33.9. The van der Waals surface area contributed by atoms with Crippen molar-refractivity contribution in [2.45, 2.75) is 107 Å². The molecule has 0 bridgehead atoms. The first-order valence-corrected chi connectivity index (χ1v) is 15.3. The minimum Gasteiger partial charge on any atom is -0.367 e. The predicted molar refractivity (Wildman–Crippen MR) is 166 cm³/mol. The van der Waals surface area contributed by atoms with Crippen molar-refractivity contribution in [2.75, 3.05) is 12.8 Å². The Morgan fingerprint density at radius 2 is 1.19 bits per heavy atom. The molecule has 0 spiro atoms. The van der Waals surface area contributed by atoms with Crippen LogP contribution in [0, 0.1) is 53.3 Å². The first-order chi connectivity index (χ1) is 15.9. The summed E-state index contributed by atoms with van der Waals surface area (Å²) in [6, 6.07) is 0. The van der Waals surface area contributed by atoms with Gasteiger partial charge in [0.05, 0.1) is 30.8 Å². The van der Waals surface area contributed by atoms with Crippen molar-refractivity contribution in [1.82, 2.24) is 10.2 Å². The van der Waals surface area contributed by atoms with Gasteiger partial charge in [0.15, 0.2) is 5.44 Å². The molecular formula is C33H54N2P+. The van der Waals surface area contributed by atoms with Crippen LogP contribution in [0.1, 0.15) is 95.4 Å². The summed E-state index contributed by atoms with van der Waals surface area (Å²) in [7, 11) is -1.97. The van der Waals surface area contributed by atoms with Crippen LogP contribution in [0.3, 0.4) is 0 Å². The van der Waals surface area contributed by atoms with Gasteiger partial charge in [-0.15, -0.1) is 31.1 Å². The molecule has 0 rings (SSSR count). The lowest BCUT2D eigenvalue weighted by Gasteiger charge is -2.48. The summed E-state index contributed by atoms with van der Waals surface area (Å²) < 4.78 is 0. The minimum absolute atomic E-state index is 0.256. The number of nitrogens with one attached hydrogen (secondary N) is 1. The third kappa shape index (κ3) is 9.10. The van der Waals surface area contributed by atoms with Crippen LogP contribution in [0.25, 0.3) is 0 Å². The van der Waals surface area contributed by atoms with E-state index in [4.69, 9.17) is 25.8 Å². The molecule has 0 aliphatic carbocycles. The number of rotatable bonds is 14. The maximum absolute atomic E-state index is 5.96. The molecule has 3 heteroatoms. The van der Waals surface area contributed by atoms with Gasteiger partial charge in [-0.1, -0.05) is 26.0 Å². The third-order valence-electron chi connectivity index (χ3n) is 6.93. The zero-order chi connectivity index (χ0) is 29.0. The molecule has 0 amide bonds. The molecule has 0 fully saturated rings. The van der Waals surface area contributed by atoms with E-state index < -0.39 is 7.26 Å². The number of hydrogen-bond donors (Lipinski definition) is 1. The summed E-state index contributed by atoms with van der Waals surface area (Å²) in [4.78, 5) is 2.29. The molecule has 1 atom stereocenters. The van der Waals surface area contributed by atoms with E-state index in [1.54, 1.807) is 0 Å². The molecule has 0 saturated carbocycles. The smallest absolute Gasteiger partial charge is 0.162 e. The Bertz CT molecular complexity index is 969. The van der Waals surface area contributed by atoms with Gasteiger partial charge in [0.1, 0.15) is 5.82 Å². The molecule has 0 aromatic rings. The third-order valence-corrected chi connectivity index (χ3v) is 11.4. The van der Waals surface area contributed by atoms with Gasteiger partial charge in [-0.2, -0.15) is 0 Å². The highest BCUT2D eigenvalue weighted by Crippen LogP contribution is 2.72. The Hall–Kier alpha value is -2.07. The van der Waals surface area contributed by atoms with E-state index in [0.717, 1.165) is 36.7 Å². The quantitative estimate of drug-likeness (QED) is 0.186. The van der Waals surface area contributed by atoms with Gasteiger partial charge in [0.2, 0.25) is 0 Å². The topological polar surface area (TPSA) is 15.3 Å². The van der Waals surface area contributed by atoms with Gasteiger partial charge in [-0.05, 0) is 88.7 Å². The zero-order valence-corrected chi connectivity index (χ0v) is 26.5. The Morgan fingerprint density at radius 1 is 0.778 bits per heavy atom. The van der Waals surface area contributed by atoms with Crippen LogP contribution in [-0.2, 0) is 0 Å². The monoisotopic (exact) mass is 509 g/mol. The van der Waals surface area contributed by atoms with Gasteiger partial charge in [0.25, 0.3) is 0 Å². The zero-order valence-electron chi connectivity index (χ0n) is 25.6. The fourth-order valence-corrected chi connectivity index (χ4v) is 9.49. The lowest BCUT2D eigenvalue weighted by Crippen LogP contribution is -2.52. The molecule has 0 radical (unpaired) electrons. The lowest BCUT2D eigenvalue weighted by atomic mass is 9.79. The van der Waals surface area contributed by atoms with Gasteiger partial charge in [0, 0.05) is 28.3 Å². The Labute approximate surface area is 226 Å². The predicted octanol–water partition coefficient (Wildman–Crippen LogP) is 8.71. The second kappa shape index (κ2) is 11.5. The standard InChI is InChI=1S/C33H54N2P/c1-19-26(5)36(18,25-31(12,13)22-4)28(7)35(33(16,17)24-30(10,11)21-3)27(6)34-32(14,15)23-29(8,9)20-2/h2-4,34H,5-7,19,23-25H2,1,8-18H3/q+1. The highest BCUT2D eigenvalue weighted by Gasteiger charge is 2.50. The average molecular weight is 510 g/mol. The molecule has 200 valence electrons. The molecule has 0 aromatic carbocycles. The highest BCUT2D eigenvalue weighted by molar-refractivity contribution is 7.82. The average Bonchev–Trinajstić information content (AvgIpc) is 2.70. The second-order valence-corrected chi connectivity index (χ2v) is 17.6. The molecule has 2 nitrogen and oxygen atoms in total. The molecule has 36 heavy (non-hydrogen) atoms. The fraction of sp³-hybridized carbons (Fsp3) is 0.636. The molecule has 0 aliphatic rings. The molecule has 1 unspecified atom stereocenters. The minimum atomic E-state index is -1.97. The van der Waals surface area contributed by atoms with Crippen molar-refractivity contribution in [2.24, 2.45) is 16.2 Å². The summed E-state index contributed by atoms with van der Waals surface area (Å²) in [5, 5.41) is 4.92. The Balaban J connectivity index is 6.85. The normalized spacial score (nSPS) is 14.5. The van der Waals surface area contributed by atoms with E-state index in [1.165, 1.54) is 5.31 Å². The van der Waals surface area contributed by atoms with Crippen molar-refractivity contribution in [3.05, 3.63) is 36.3 Å². The van der Waals surface area contributed by atoms with E-state index >= 15 is 0 Å². The molecular weight excluding hydrogens is 455 g/mol. The lowest BCUT2D eigenvalue weighted by molar-refractivity contribution is 0.146. The number of nitrogens with zero attached hydrogens (tertiary/aromatic N) is 1. The van der Waals surface area contributed by atoms with E-state index in [-0.39, 0.29) is 27.3 Å². The van der Waals surface area contributed by atoms with Crippen molar-refractivity contribution in [1.29, 1.82) is 0 Å². The Kier molecular flexibility index (Phi) is 10.9. The van der Waals surface area contributed by atoms with Gasteiger partial charge >= 0.3 is 0 Å². The first-order valence-electron chi connectivity index (χ1n) is 12.9. The summed E-state index contributed by atoms with van der Waals surface area (Å²) in [6.07, 6.45) is 20.9. The van der Waals surface area contributed by atoms with Crippen LogP contribution in [0.4, 0.5) is 0 Å². The number of terminal acetylenes is 3. The van der Waals surface area contributed by atoms with Gasteiger partial charge in [-0.3, -0.25) is 4.90 Å². The van der Waals surface area contributed by atoms with E-state index in [9.17, 15) is 0 Å². The summed E-state index contributed by atoms with van der Waals surface area (Å²) in [6.45, 7) is 39.7. The second-order valence-electron chi connectivity index (χ2n) is 13.7. The number of hydrogen-bond acceptors (Lipinski definition) is 2. The van der Waals surface area contributed by atoms with Crippen LogP contribution >= 0.6 is 7.26 Å². The van der Waals surface area contributed by atoms with Gasteiger partial charge < -0.3 is 5.32 Å². The molecule has 0 heterocycles. The van der Waals surface area contributed by atoms with Crippen molar-refractivity contribution in [3.8, 4) is 37.0 Å². The van der Waals surface area contributed by atoms with Crippen LogP contribution in [0.2, 0.25) is 0 Å². The van der Waals surface area contributed by atoms with Crippen LogP contribution in [0.15, 0.2) is 36.3 Å². The van der Waals surface area contributed by atoms with Gasteiger partial charge in [-0.25, -0.2) is 0 Å². The van der Waals surface area contributed by atoms with Crippen LogP contribution in [0.5, 0.6) is 0 Å². The maximum Gasteiger partial charge on any atom is 0.162 e. The van der Waals surface area contributed by atoms with Crippen molar-refractivity contribution < 1.29 is 0 Å². The van der Waals surface area contributed by atoms with Crippen molar-refractivity contribution in [3.63, 3.8) is 0 Å². The van der Waals surface area contributed by atoms with Crippen LogP contribution in [-0.4, -0.2) is 28.8 Å². The molecule has 1 N–H and O–H groups in total. The highest BCUT2D eigenvalue weighted by atomic mass is 31.2. The SMILES string of the molecule is C#CC(C)(C)CC(C)(C)NC(=C)N(C(=C)[P+](C)(CC(C)(C)C#C)C(=C)CC)C(C)(C)CC(C)(C)C#C. The van der Waals surface area contributed by atoms with E-state index in [0.29, 0.717) is 0 Å². The number of allylic oxidation sites excluding steroid dienone is 1. The van der Waals surface area contributed by atoms with Crippen LogP contribution < -0.4 is 5.32 Å². The maximum atomic E-state index is 5.96.